The lowest BCUT2D eigenvalue weighted by Gasteiger charge is -2.14. The highest BCUT2D eigenvalue weighted by molar-refractivity contribution is 7.80. The molecule has 0 radical (unpaired) electrons. The van der Waals surface area contributed by atoms with Gasteiger partial charge in [-0.1, -0.05) is 6.07 Å². The molecule has 1 aromatic rings. The minimum Gasteiger partial charge on any atom is -0.433 e. The summed E-state index contributed by atoms with van der Waals surface area (Å²) in [7, 11) is 1.58. The molecule has 0 aromatic heterocycles. The fraction of sp³-hybridized carbons (Fsp3) is 0.417. The van der Waals surface area contributed by atoms with Gasteiger partial charge in [-0.3, -0.25) is 0 Å². The van der Waals surface area contributed by atoms with Crippen molar-refractivity contribution in [2.24, 2.45) is 0 Å². The average Bonchev–Trinajstić information content (AvgIpc) is 2.32. The van der Waals surface area contributed by atoms with Crippen LogP contribution in [0.4, 0.5) is 14.5 Å². The van der Waals surface area contributed by atoms with Gasteiger partial charge in [0, 0.05) is 13.7 Å². The Balaban J connectivity index is 2.68. The molecule has 0 aliphatic heterocycles. The molecule has 0 fully saturated rings. The quantitative estimate of drug-likeness (QED) is 0.622. The molecule has 106 valence electrons. The first-order chi connectivity index (χ1) is 9.02. The predicted octanol–water partition coefficient (Wildman–Crippen LogP) is 2.53. The van der Waals surface area contributed by atoms with Crippen LogP contribution < -0.4 is 15.4 Å². The lowest BCUT2D eigenvalue weighted by Crippen LogP contribution is -2.31. The van der Waals surface area contributed by atoms with Crippen LogP contribution in [0.25, 0.3) is 0 Å². The third-order valence-electron chi connectivity index (χ3n) is 2.19. The molecule has 19 heavy (non-hydrogen) atoms. The van der Waals surface area contributed by atoms with E-state index in [1.54, 1.807) is 26.2 Å². The van der Waals surface area contributed by atoms with Crippen LogP contribution >= 0.6 is 12.2 Å². The molecule has 4 nitrogen and oxygen atoms in total. The molecule has 0 saturated heterocycles. The number of hydrogen-bond acceptors (Lipinski definition) is 3. The first-order valence-electron chi connectivity index (χ1n) is 5.62. The summed E-state index contributed by atoms with van der Waals surface area (Å²) in [5, 5.41) is 6.01. The van der Waals surface area contributed by atoms with Gasteiger partial charge in [-0.05, 0) is 36.8 Å². The van der Waals surface area contributed by atoms with Gasteiger partial charge in [0.05, 0.1) is 12.3 Å². The van der Waals surface area contributed by atoms with Crippen molar-refractivity contribution in [3.05, 3.63) is 23.8 Å². The third kappa shape index (κ3) is 5.80. The molecule has 0 unspecified atom stereocenters. The maximum absolute atomic E-state index is 12.3. The van der Waals surface area contributed by atoms with Gasteiger partial charge in [0.1, 0.15) is 5.75 Å². The zero-order valence-electron chi connectivity index (χ0n) is 10.7. The summed E-state index contributed by atoms with van der Waals surface area (Å²) in [6, 6.07) is 4.93. The fourth-order valence-corrected chi connectivity index (χ4v) is 1.57. The number of hydrogen-bond donors (Lipinski definition) is 2. The summed E-state index contributed by atoms with van der Waals surface area (Å²) in [5.74, 6) is 0.0610. The Hall–Kier alpha value is -1.47. The van der Waals surface area contributed by atoms with E-state index in [0.29, 0.717) is 24.0 Å². The van der Waals surface area contributed by atoms with Crippen molar-refractivity contribution in [3.63, 3.8) is 0 Å². The first kappa shape index (κ1) is 15.6. The topological polar surface area (TPSA) is 42.5 Å². The zero-order chi connectivity index (χ0) is 14.3. The Bertz CT molecular complexity index is 430. The second-order valence-corrected chi connectivity index (χ2v) is 4.16. The van der Waals surface area contributed by atoms with Crippen molar-refractivity contribution in [2.75, 3.05) is 25.6 Å². The largest absolute Gasteiger partial charge is 0.433 e. The Morgan fingerprint density at radius 2 is 2.16 bits per heavy atom. The molecular weight excluding hydrogens is 274 g/mol. The number of ether oxygens (including phenoxy) is 2. The molecule has 0 spiro atoms. The SMILES string of the molecule is COCCNC(=S)Nc1ccc(C)cc1OC(F)F. The van der Waals surface area contributed by atoms with Crippen molar-refractivity contribution in [1.29, 1.82) is 0 Å². The van der Waals surface area contributed by atoms with Crippen LogP contribution in [-0.4, -0.2) is 32.0 Å². The molecular formula is C12H16F2N2O2S. The standard InChI is InChI=1S/C12H16F2N2O2S/c1-8-3-4-9(10(7-8)18-11(13)14)16-12(19)15-5-6-17-2/h3-4,7,11H,5-6H2,1-2H3,(H2,15,16,19). The van der Waals surface area contributed by atoms with Gasteiger partial charge in [0.2, 0.25) is 0 Å². The molecule has 0 aliphatic carbocycles. The normalized spacial score (nSPS) is 10.4. The lowest BCUT2D eigenvalue weighted by atomic mass is 10.2. The molecule has 0 saturated carbocycles. The summed E-state index contributed by atoms with van der Waals surface area (Å²) in [6.07, 6.45) is 0. The van der Waals surface area contributed by atoms with E-state index in [2.05, 4.69) is 15.4 Å². The molecule has 0 amide bonds. The number of anilines is 1. The Kier molecular flexibility index (Phi) is 6.44. The lowest BCUT2D eigenvalue weighted by molar-refractivity contribution is -0.0493. The second-order valence-electron chi connectivity index (χ2n) is 3.75. The van der Waals surface area contributed by atoms with E-state index in [1.807, 2.05) is 0 Å². The second kappa shape index (κ2) is 7.85. The van der Waals surface area contributed by atoms with E-state index in [0.717, 1.165) is 5.56 Å². The highest BCUT2D eigenvalue weighted by atomic mass is 32.1. The van der Waals surface area contributed by atoms with Crippen LogP contribution in [0.5, 0.6) is 5.75 Å². The number of alkyl halides is 2. The van der Waals surface area contributed by atoms with E-state index < -0.39 is 6.61 Å². The minimum absolute atomic E-state index is 0.0610. The van der Waals surface area contributed by atoms with Crippen LogP contribution in [-0.2, 0) is 4.74 Å². The van der Waals surface area contributed by atoms with Crippen LogP contribution in [0.3, 0.4) is 0 Å². The van der Waals surface area contributed by atoms with Crippen molar-refractivity contribution >= 4 is 23.0 Å². The van der Waals surface area contributed by atoms with Crippen LogP contribution in [0.15, 0.2) is 18.2 Å². The fourth-order valence-electron chi connectivity index (χ4n) is 1.36. The Labute approximate surface area is 116 Å². The van der Waals surface area contributed by atoms with Crippen molar-refractivity contribution < 1.29 is 18.3 Å². The molecule has 2 N–H and O–H groups in total. The van der Waals surface area contributed by atoms with Gasteiger partial charge in [-0.2, -0.15) is 8.78 Å². The number of aryl methyl sites for hydroxylation is 1. The molecule has 7 heteroatoms. The summed E-state index contributed by atoms with van der Waals surface area (Å²) in [4.78, 5) is 0. The van der Waals surface area contributed by atoms with E-state index in [4.69, 9.17) is 17.0 Å². The van der Waals surface area contributed by atoms with Crippen molar-refractivity contribution in [3.8, 4) is 5.75 Å². The average molecular weight is 290 g/mol. The molecule has 0 heterocycles. The first-order valence-corrected chi connectivity index (χ1v) is 6.03. The minimum atomic E-state index is -2.88. The monoisotopic (exact) mass is 290 g/mol. The number of thiocarbonyl (C=S) groups is 1. The van der Waals surface area contributed by atoms with E-state index in [1.165, 1.54) is 6.07 Å². The summed E-state index contributed by atoms with van der Waals surface area (Å²) in [5.41, 5.74) is 1.21. The predicted molar refractivity (Wildman–Crippen MR) is 73.9 cm³/mol. The maximum atomic E-state index is 12.3. The number of nitrogens with one attached hydrogen (secondary N) is 2. The smallest absolute Gasteiger partial charge is 0.387 e. The summed E-state index contributed by atoms with van der Waals surface area (Å²) < 4.78 is 33.9. The molecule has 0 aliphatic rings. The molecule has 1 aromatic carbocycles. The van der Waals surface area contributed by atoms with Gasteiger partial charge in [-0.25, -0.2) is 0 Å². The van der Waals surface area contributed by atoms with Gasteiger partial charge < -0.3 is 20.1 Å². The Morgan fingerprint density at radius 1 is 1.42 bits per heavy atom. The number of benzene rings is 1. The van der Waals surface area contributed by atoms with Gasteiger partial charge in [0.15, 0.2) is 5.11 Å². The summed E-state index contributed by atoms with van der Waals surface area (Å²) in [6.45, 7) is -0.0653. The van der Waals surface area contributed by atoms with Gasteiger partial charge in [-0.15, -0.1) is 0 Å². The summed E-state index contributed by atoms with van der Waals surface area (Å²) >= 11 is 5.03. The highest BCUT2D eigenvalue weighted by Crippen LogP contribution is 2.27. The highest BCUT2D eigenvalue weighted by Gasteiger charge is 2.10. The number of rotatable bonds is 6. The number of methoxy groups -OCH3 is 1. The molecule has 0 atom stereocenters. The van der Waals surface area contributed by atoms with Crippen molar-refractivity contribution in [2.45, 2.75) is 13.5 Å². The van der Waals surface area contributed by atoms with E-state index >= 15 is 0 Å². The van der Waals surface area contributed by atoms with Crippen molar-refractivity contribution in [1.82, 2.24) is 5.32 Å². The van der Waals surface area contributed by atoms with Crippen LogP contribution in [0, 0.1) is 6.92 Å². The van der Waals surface area contributed by atoms with Crippen LogP contribution in [0.2, 0.25) is 0 Å². The number of halogens is 2. The van der Waals surface area contributed by atoms with E-state index in [-0.39, 0.29) is 5.75 Å². The molecule has 0 bridgehead atoms. The van der Waals surface area contributed by atoms with Crippen LogP contribution in [0.1, 0.15) is 5.56 Å². The van der Waals surface area contributed by atoms with Gasteiger partial charge in [0.25, 0.3) is 0 Å². The molecule has 1 rings (SSSR count). The van der Waals surface area contributed by atoms with Gasteiger partial charge >= 0.3 is 6.61 Å². The zero-order valence-corrected chi connectivity index (χ0v) is 11.5. The maximum Gasteiger partial charge on any atom is 0.387 e. The Morgan fingerprint density at radius 3 is 2.79 bits per heavy atom. The van der Waals surface area contributed by atoms with E-state index in [9.17, 15) is 8.78 Å². The third-order valence-corrected chi connectivity index (χ3v) is 2.44.